The molecule has 132 valence electrons. The number of hydrogen-bond acceptors (Lipinski definition) is 4. The van der Waals surface area contributed by atoms with Crippen LogP contribution < -0.4 is 10.1 Å². The van der Waals surface area contributed by atoms with Crippen LogP contribution in [0, 0.1) is 5.82 Å². The molecule has 2 aromatic heterocycles. The van der Waals surface area contributed by atoms with Crippen LogP contribution in [0.2, 0.25) is 0 Å². The molecule has 0 unspecified atom stereocenters. The first-order valence-corrected chi connectivity index (χ1v) is 8.23. The molecule has 0 aliphatic heterocycles. The van der Waals surface area contributed by atoms with E-state index < -0.39 is 11.2 Å². The molecule has 0 radical (unpaired) electrons. The van der Waals surface area contributed by atoms with Crippen molar-refractivity contribution in [1.82, 2.24) is 14.8 Å². The van der Waals surface area contributed by atoms with E-state index in [1.807, 2.05) is 24.3 Å². The number of aromatic nitrogens is 3. The lowest BCUT2D eigenvalue weighted by atomic mass is 9.95. The summed E-state index contributed by atoms with van der Waals surface area (Å²) in [5, 5.41) is 7.14. The maximum absolute atomic E-state index is 13.3. The molecule has 4 rings (SSSR count). The van der Waals surface area contributed by atoms with E-state index in [4.69, 9.17) is 4.74 Å². The number of carbonyl (C=O) groups is 1. The van der Waals surface area contributed by atoms with Crippen molar-refractivity contribution in [3.63, 3.8) is 0 Å². The van der Waals surface area contributed by atoms with Crippen LogP contribution in [0.15, 0.2) is 55.0 Å². The molecule has 0 bridgehead atoms. The summed E-state index contributed by atoms with van der Waals surface area (Å²) >= 11 is 0. The molecular formula is C19H17FN4O2. The molecule has 1 aliphatic carbocycles. The van der Waals surface area contributed by atoms with Gasteiger partial charge in [0.2, 0.25) is 5.91 Å². The number of nitrogens with zero attached hydrogens (tertiary/aromatic N) is 3. The van der Waals surface area contributed by atoms with Crippen molar-refractivity contribution in [3.05, 3.63) is 66.4 Å². The highest BCUT2D eigenvalue weighted by Crippen LogP contribution is 2.49. The zero-order valence-electron chi connectivity index (χ0n) is 14.1. The number of benzene rings is 1. The Morgan fingerprint density at radius 1 is 1.27 bits per heavy atom. The minimum Gasteiger partial charge on any atom is -0.497 e. The quantitative estimate of drug-likeness (QED) is 0.766. The van der Waals surface area contributed by atoms with Crippen molar-refractivity contribution >= 4 is 11.7 Å². The van der Waals surface area contributed by atoms with Crippen molar-refractivity contribution in [2.75, 3.05) is 12.4 Å². The van der Waals surface area contributed by atoms with E-state index in [2.05, 4.69) is 15.4 Å². The highest BCUT2D eigenvalue weighted by molar-refractivity contribution is 6.00. The van der Waals surface area contributed by atoms with Gasteiger partial charge in [-0.2, -0.15) is 5.10 Å². The summed E-state index contributed by atoms with van der Waals surface area (Å²) in [6, 6.07) is 10.6. The molecule has 3 aromatic rings. The topological polar surface area (TPSA) is 69.0 Å². The highest BCUT2D eigenvalue weighted by Gasteiger charge is 2.51. The number of ether oxygens (including phenoxy) is 1. The van der Waals surface area contributed by atoms with Crippen molar-refractivity contribution in [2.24, 2.45) is 0 Å². The summed E-state index contributed by atoms with van der Waals surface area (Å²) in [5.74, 6) is 0.588. The van der Waals surface area contributed by atoms with Gasteiger partial charge in [-0.3, -0.25) is 9.78 Å². The van der Waals surface area contributed by atoms with Crippen molar-refractivity contribution in [1.29, 1.82) is 0 Å². The summed E-state index contributed by atoms with van der Waals surface area (Å²) in [4.78, 5) is 16.6. The molecule has 1 aromatic carbocycles. The number of anilines is 1. The van der Waals surface area contributed by atoms with Crippen LogP contribution in [0.25, 0.3) is 5.69 Å². The lowest BCUT2D eigenvalue weighted by Crippen LogP contribution is -2.28. The predicted molar refractivity (Wildman–Crippen MR) is 93.9 cm³/mol. The Labute approximate surface area is 149 Å². The van der Waals surface area contributed by atoms with Crippen LogP contribution in [0.5, 0.6) is 5.75 Å². The third-order valence-electron chi connectivity index (χ3n) is 4.59. The first-order valence-electron chi connectivity index (χ1n) is 8.23. The number of nitrogens with one attached hydrogen (secondary N) is 1. The Kier molecular flexibility index (Phi) is 3.91. The standard InChI is InChI=1S/C19H17FN4O2/c1-26-16-4-2-3-13(9-16)19(6-7-19)18(25)22-17-5-8-24(23-17)15-10-14(20)11-21-12-15/h2-5,8-12H,6-7H2,1H3,(H,22,23,25). The van der Waals surface area contributed by atoms with Crippen LogP contribution in [0.3, 0.4) is 0 Å². The van der Waals surface area contributed by atoms with E-state index in [-0.39, 0.29) is 5.91 Å². The predicted octanol–water partition coefficient (Wildman–Crippen LogP) is 3.09. The molecule has 1 N–H and O–H groups in total. The Morgan fingerprint density at radius 3 is 2.85 bits per heavy atom. The van der Waals surface area contributed by atoms with E-state index in [1.54, 1.807) is 19.4 Å². The van der Waals surface area contributed by atoms with Crippen LogP contribution >= 0.6 is 0 Å². The van der Waals surface area contributed by atoms with Gasteiger partial charge in [0.15, 0.2) is 5.82 Å². The first kappa shape index (κ1) is 16.3. The zero-order valence-corrected chi connectivity index (χ0v) is 14.1. The fourth-order valence-electron chi connectivity index (χ4n) is 2.99. The summed E-state index contributed by atoms with van der Waals surface area (Å²) in [6.45, 7) is 0. The minimum atomic E-state index is -0.543. The number of pyridine rings is 1. The number of amides is 1. The average molecular weight is 352 g/mol. The number of methoxy groups -OCH3 is 1. The van der Waals surface area contributed by atoms with Gasteiger partial charge < -0.3 is 10.1 Å². The Bertz CT molecular complexity index is 965. The summed E-state index contributed by atoms with van der Waals surface area (Å²) in [5.41, 5.74) is 0.876. The average Bonchev–Trinajstić information content (AvgIpc) is 3.35. The fraction of sp³-hybridized carbons (Fsp3) is 0.211. The van der Waals surface area contributed by atoms with Gasteiger partial charge in [0.05, 0.1) is 30.6 Å². The maximum atomic E-state index is 13.3. The molecular weight excluding hydrogens is 335 g/mol. The van der Waals surface area contributed by atoms with Gasteiger partial charge in [-0.1, -0.05) is 12.1 Å². The third kappa shape index (κ3) is 2.92. The molecule has 2 heterocycles. The van der Waals surface area contributed by atoms with E-state index in [1.165, 1.54) is 16.9 Å². The number of rotatable bonds is 5. The largest absolute Gasteiger partial charge is 0.497 e. The molecule has 26 heavy (non-hydrogen) atoms. The summed E-state index contributed by atoms with van der Waals surface area (Å²) < 4.78 is 20.0. The Hall–Kier alpha value is -3.22. The molecule has 0 saturated heterocycles. The molecule has 1 fully saturated rings. The second kappa shape index (κ2) is 6.25. The lowest BCUT2D eigenvalue weighted by Gasteiger charge is -2.15. The number of halogens is 1. The monoisotopic (exact) mass is 352 g/mol. The van der Waals surface area contributed by atoms with Crippen LogP contribution in [-0.2, 0) is 10.2 Å². The van der Waals surface area contributed by atoms with Gasteiger partial charge in [0.25, 0.3) is 0 Å². The first-order chi connectivity index (χ1) is 12.6. The highest BCUT2D eigenvalue weighted by atomic mass is 19.1. The van der Waals surface area contributed by atoms with E-state index in [0.717, 1.165) is 30.4 Å². The van der Waals surface area contributed by atoms with Gasteiger partial charge in [-0.25, -0.2) is 9.07 Å². The second-order valence-corrected chi connectivity index (χ2v) is 6.28. The van der Waals surface area contributed by atoms with Gasteiger partial charge >= 0.3 is 0 Å². The molecule has 1 saturated carbocycles. The van der Waals surface area contributed by atoms with Gasteiger partial charge in [-0.15, -0.1) is 0 Å². The zero-order chi connectivity index (χ0) is 18.1. The summed E-state index contributed by atoms with van der Waals surface area (Å²) in [7, 11) is 1.60. The molecule has 0 atom stereocenters. The van der Waals surface area contributed by atoms with E-state index >= 15 is 0 Å². The van der Waals surface area contributed by atoms with Crippen molar-refractivity contribution < 1.29 is 13.9 Å². The smallest absolute Gasteiger partial charge is 0.236 e. The Morgan fingerprint density at radius 2 is 2.12 bits per heavy atom. The van der Waals surface area contributed by atoms with E-state index in [9.17, 15) is 9.18 Å². The molecule has 6 nitrogen and oxygen atoms in total. The van der Waals surface area contributed by atoms with Gasteiger partial charge in [0.1, 0.15) is 11.6 Å². The molecule has 1 amide bonds. The second-order valence-electron chi connectivity index (χ2n) is 6.28. The van der Waals surface area contributed by atoms with Gasteiger partial charge in [0, 0.05) is 18.3 Å². The molecule has 1 aliphatic rings. The fourth-order valence-corrected chi connectivity index (χ4v) is 2.99. The van der Waals surface area contributed by atoms with Crippen LogP contribution in [0.1, 0.15) is 18.4 Å². The number of hydrogen-bond donors (Lipinski definition) is 1. The Balaban J connectivity index is 1.53. The van der Waals surface area contributed by atoms with Gasteiger partial charge in [-0.05, 0) is 30.5 Å². The summed E-state index contributed by atoms with van der Waals surface area (Å²) in [6.07, 6.45) is 5.83. The molecule has 0 spiro atoms. The van der Waals surface area contributed by atoms with Crippen molar-refractivity contribution in [2.45, 2.75) is 18.3 Å². The normalized spacial score (nSPS) is 14.7. The molecule has 7 heteroatoms. The third-order valence-corrected chi connectivity index (χ3v) is 4.59. The maximum Gasteiger partial charge on any atom is 0.236 e. The van der Waals surface area contributed by atoms with E-state index in [0.29, 0.717) is 11.5 Å². The van der Waals surface area contributed by atoms with Crippen LogP contribution in [-0.4, -0.2) is 27.8 Å². The lowest BCUT2D eigenvalue weighted by molar-refractivity contribution is -0.118. The van der Waals surface area contributed by atoms with Crippen LogP contribution in [0.4, 0.5) is 10.2 Å². The van der Waals surface area contributed by atoms with Crippen molar-refractivity contribution in [3.8, 4) is 11.4 Å². The number of carbonyl (C=O) groups excluding carboxylic acids is 1. The SMILES string of the molecule is COc1cccc(C2(C(=O)Nc3ccn(-c4cncc(F)c4)n3)CC2)c1. The minimum absolute atomic E-state index is 0.103.